The maximum Gasteiger partial charge on any atom is 0.309 e. The van der Waals surface area contributed by atoms with Crippen LogP contribution in [0, 0.1) is 10.1 Å². The molecule has 1 aromatic carbocycles. The Morgan fingerprint density at radius 1 is 1.56 bits per heavy atom. The van der Waals surface area contributed by atoms with Gasteiger partial charge in [0.1, 0.15) is 5.69 Å². The highest BCUT2D eigenvalue weighted by Gasteiger charge is 2.13. The molecule has 0 unspecified atom stereocenters. The summed E-state index contributed by atoms with van der Waals surface area (Å²) < 4.78 is 4.51. The SMILES string of the molecule is CNc1cc(CC(=O)OC)ccc1[N+](=O)[O-]. The van der Waals surface area contributed by atoms with Crippen LogP contribution in [0.15, 0.2) is 18.2 Å². The number of anilines is 1. The third-order valence-electron chi connectivity index (χ3n) is 2.10. The molecule has 16 heavy (non-hydrogen) atoms. The molecule has 0 aliphatic rings. The van der Waals surface area contributed by atoms with Crippen LogP contribution in [0.3, 0.4) is 0 Å². The van der Waals surface area contributed by atoms with Crippen molar-refractivity contribution in [1.29, 1.82) is 0 Å². The molecule has 0 aliphatic carbocycles. The highest BCUT2D eigenvalue weighted by molar-refractivity contribution is 5.74. The Bertz CT molecular complexity index is 417. The van der Waals surface area contributed by atoms with Crippen LogP contribution >= 0.6 is 0 Å². The molecule has 0 saturated heterocycles. The van der Waals surface area contributed by atoms with Gasteiger partial charge in [-0.25, -0.2) is 0 Å². The van der Waals surface area contributed by atoms with Crippen LogP contribution in [0.5, 0.6) is 0 Å². The van der Waals surface area contributed by atoms with Crippen LogP contribution in [0.25, 0.3) is 0 Å². The average Bonchev–Trinajstić information content (AvgIpc) is 2.28. The second-order valence-electron chi connectivity index (χ2n) is 3.11. The van der Waals surface area contributed by atoms with Gasteiger partial charge in [-0.05, 0) is 11.6 Å². The standard InChI is InChI=1S/C10H12N2O4/c1-11-8-5-7(6-10(13)16-2)3-4-9(8)12(14)15/h3-5,11H,6H2,1-2H3. The zero-order chi connectivity index (χ0) is 12.1. The Hall–Kier alpha value is -2.11. The molecule has 0 spiro atoms. The summed E-state index contributed by atoms with van der Waals surface area (Å²) in [5, 5.41) is 13.4. The van der Waals surface area contributed by atoms with E-state index in [0.717, 1.165) is 0 Å². The van der Waals surface area contributed by atoms with Crippen molar-refractivity contribution in [1.82, 2.24) is 0 Å². The summed E-state index contributed by atoms with van der Waals surface area (Å²) in [4.78, 5) is 21.2. The van der Waals surface area contributed by atoms with Crippen molar-refractivity contribution >= 4 is 17.3 Å². The Balaban J connectivity index is 2.99. The minimum atomic E-state index is -0.478. The Kier molecular flexibility index (Phi) is 3.82. The van der Waals surface area contributed by atoms with E-state index in [0.29, 0.717) is 11.3 Å². The topological polar surface area (TPSA) is 81.5 Å². The van der Waals surface area contributed by atoms with Gasteiger partial charge >= 0.3 is 5.97 Å². The summed E-state index contributed by atoms with van der Waals surface area (Å²) in [5.41, 5.74) is 1.03. The second-order valence-corrected chi connectivity index (χ2v) is 3.11. The zero-order valence-corrected chi connectivity index (χ0v) is 9.02. The van der Waals surface area contributed by atoms with Crippen LogP contribution in [0.2, 0.25) is 0 Å². The maximum absolute atomic E-state index is 11.0. The molecular weight excluding hydrogens is 212 g/mol. The number of nitrogens with zero attached hydrogens (tertiary/aromatic N) is 1. The maximum atomic E-state index is 11.0. The number of esters is 1. The zero-order valence-electron chi connectivity index (χ0n) is 9.02. The number of nitro groups is 1. The molecule has 0 fully saturated rings. The Morgan fingerprint density at radius 3 is 2.75 bits per heavy atom. The lowest BCUT2D eigenvalue weighted by Gasteiger charge is -2.05. The van der Waals surface area contributed by atoms with Crippen LogP contribution in [-0.4, -0.2) is 25.1 Å². The summed E-state index contributed by atoms with van der Waals surface area (Å²) in [5.74, 6) is -0.379. The molecule has 0 amide bonds. The molecule has 0 aliphatic heterocycles. The largest absolute Gasteiger partial charge is 0.469 e. The molecule has 0 saturated carbocycles. The number of carbonyl (C=O) groups excluding carboxylic acids is 1. The lowest BCUT2D eigenvalue weighted by molar-refractivity contribution is -0.384. The summed E-state index contributed by atoms with van der Waals surface area (Å²) >= 11 is 0. The number of ether oxygens (including phenoxy) is 1. The van der Waals surface area contributed by atoms with E-state index in [1.54, 1.807) is 13.1 Å². The van der Waals surface area contributed by atoms with E-state index in [9.17, 15) is 14.9 Å². The van der Waals surface area contributed by atoms with Crippen molar-refractivity contribution in [2.24, 2.45) is 0 Å². The number of rotatable bonds is 4. The first kappa shape index (κ1) is 12.0. The van der Waals surface area contributed by atoms with Crippen LogP contribution in [0.4, 0.5) is 11.4 Å². The summed E-state index contributed by atoms with van der Waals surface area (Å²) in [6.07, 6.45) is 0.100. The van der Waals surface area contributed by atoms with Crippen LogP contribution < -0.4 is 5.32 Å². The van der Waals surface area contributed by atoms with Gasteiger partial charge in [0.25, 0.3) is 5.69 Å². The van der Waals surface area contributed by atoms with Gasteiger partial charge in [-0.2, -0.15) is 0 Å². The number of nitro benzene ring substituents is 1. The van der Waals surface area contributed by atoms with Crippen molar-refractivity contribution in [2.45, 2.75) is 6.42 Å². The monoisotopic (exact) mass is 224 g/mol. The molecule has 0 radical (unpaired) electrons. The number of hydrogen-bond donors (Lipinski definition) is 1. The quantitative estimate of drug-likeness (QED) is 0.474. The van der Waals surface area contributed by atoms with E-state index in [-0.39, 0.29) is 18.1 Å². The van der Waals surface area contributed by atoms with E-state index in [4.69, 9.17) is 0 Å². The van der Waals surface area contributed by atoms with E-state index in [1.807, 2.05) is 0 Å². The van der Waals surface area contributed by atoms with E-state index < -0.39 is 4.92 Å². The molecule has 0 atom stereocenters. The third-order valence-corrected chi connectivity index (χ3v) is 2.10. The minimum absolute atomic E-state index is 0.0175. The summed E-state index contributed by atoms with van der Waals surface area (Å²) in [6.45, 7) is 0. The predicted octanol–water partition coefficient (Wildman–Crippen LogP) is 1.35. The number of hydrogen-bond acceptors (Lipinski definition) is 5. The number of carbonyl (C=O) groups is 1. The highest BCUT2D eigenvalue weighted by Crippen LogP contribution is 2.25. The molecule has 1 N–H and O–H groups in total. The van der Waals surface area contributed by atoms with Gasteiger partial charge in [-0.15, -0.1) is 0 Å². The van der Waals surface area contributed by atoms with Crippen molar-refractivity contribution < 1.29 is 14.5 Å². The molecule has 0 bridgehead atoms. The molecule has 0 heterocycles. The molecule has 6 heteroatoms. The first-order valence-electron chi connectivity index (χ1n) is 4.60. The first-order chi connectivity index (χ1) is 7.58. The van der Waals surface area contributed by atoms with Gasteiger partial charge < -0.3 is 10.1 Å². The first-order valence-corrected chi connectivity index (χ1v) is 4.60. The van der Waals surface area contributed by atoms with Crippen molar-refractivity contribution in [3.8, 4) is 0 Å². The highest BCUT2D eigenvalue weighted by atomic mass is 16.6. The third kappa shape index (κ3) is 2.69. The van der Waals surface area contributed by atoms with Gasteiger partial charge in [0.15, 0.2) is 0 Å². The second kappa shape index (κ2) is 5.11. The molecule has 6 nitrogen and oxygen atoms in total. The Morgan fingerprint density at radius 2 is 2.25 bits per heavy atom. The normalized spacial score (nSPS) is 9.62. The van der Waals surface area contributed by atoms with Gasteiger partial charge in [0, 0.05) is 13.1 Å². The number of nitrogens with one attached hydrogen (secondary N) is 1. The molecule has 1 rings (SSSR count). The smallest absolute Gasteiger partial charge is 0.309 e. The fraction of sp³-hybridized carbons (Fsp3) is 0.300. The molecule has 86 valence electrons. The predicted molar refractivity (Wildman–Crippen MR) is 58.4 cm³/mol. The van der Waals surface area contributed by atoms with Crippen molar-refractivity contribution in [2.75, 3.05) is 19.5 Å². The van der Waals surface area contributed by atoms with Crippen LogP contribution in [-0.2, 0) is 16.0 Å². The van der Waals surface area contributed by atoms with Gasteiger partial charge in [-0.3, -0.25) is 14.9 Å². The fourth-order valence-corrected chi connectivity index (χ4v) is 1.29. The fourth-order valence-electron chi connectivity index (χ4n) is 1.29. The van der Waals surface area contributed by atoms with Crippen molar-refractivity contribution in [3.05, 3.63) is 33.9 Å². The molecular formula is C10H12N2O4. The van der Waals surface area contributed by atoms with Gasteiger partial charge in [-0.1, -0.05) is 6.07 Å². The average molecular weight is 224 g/mol. The lowest BCUT2D eigenvalue weighted by atomic mass is 10.1. The van der Waals surface area contributed by atoms with Crippen LogP contribution in [0.1, 0.15) is 5.56 Å². The van der Waals surface area contributed by atoms with Crippen molar-refractivity contribution in [3.63, 3.8) is 0 Å². The lowest BCUT2D eigenvalue weighted by Crippen LogP contribution is -2.05. The molecule has 1 aromatic rings. The minimum Gasteiger partial charge on any atom is -0.469 e. The van der Waals surface area contributed by atoms with Gasteiger partial charge in [0.2, 0.25) is 0 Å². The summed E-state index contributed by atoms with van der Waals surface area (Å²) in [7, 11) is 2.89. The van der Waals surface area contributed by atoms with E-state index in [1.165, 1.54) is 19.2 Å². The van der Waals surface area contributed by atoms with E-state index >= 15 is 0 Å². The summed E-state index contributed by atoms with van der Waals surface area (Å²) in [6, 6.07) is 4.47. The Labute approximate surface area is 92.4 Å². The number of methoxy groups -OCH3 is 1. The molecule has 0 aromatic heterocycles. The number of benzene rings is 1. The van der Waals surface area contributed by atoms with E-state index in [2.05, 4.69) is 10.1 Å². The van der Waals surface area contributed by atoms with Gasteiger partial charge in [0.05, 0.1) is 18.5 Å².